The molecule has 1 N–H and O–H groups in total. The summed E-state index contributed by atoms with van der Waals surface area (Å²) in [7, 11) is 0. The van der Waals surface area contributed by atoms with Crippen molar-refractivity contribution < 1.29 is 0 Å². The average Bonchev–Trinajstić information content (AvgIpc) is 2.97. The first-order valence-corrected chi connectivity index (χ1v) is 9.27. The fourth-order valence-corrected chi connectivity index (χ4v) is 4.24. The largest absolute Gasteiger partial charge is 0.306 e. The predicted octanol–water partition coefficient (Wildman–Crippen LogP) is 5.03. The molecule has 0 spiro atoms. The number of hydrogen-bond donors (Lipinski definition) is 1. The van der Waals surface area contributed by atoms with Gasteiger partial charge in [-0.25, -0.2) is 4.98 Å². The fourth-order valence-electron chi connectivity index (χ4n) is 2.99. The summed E-state index contributed by atoms with van der Waals surface area (Å²) in [5.41, 5.74) is 1.39. The van der Waals surface area contributed by atoms with Gasteiger partial charge in [-0.05, 0) is 25.7 Å². The minimum Gasteiger partial charge on any atom is -0.306 e. The van der Waals surface area contributed by atoms with E-state index >= 15 is 0 Å². The first kappa shape index (κ1) is 16.0. The summed E-state index contributed by atoms with van der Waals surface area (Å²) in [6, 6.07) is 1.02. The molecule has 1 aromatic heterocycles. The summed E-state index contributed by atoms with van der Waals surface area (Å²) in [4.78, 5) is 6.47. The van der Waals surface area contributed by atoms with Crippen LogP contribution in [0.4, 0.5) is 0 Å². The lowest BCUT2D eigenvalue weighted by molar-refractivity contribution is 0.430. The maximum atomic E-state index is 4.92. The van der Waals surface area contributed by atoms with E-state index in [2.05, 4.69) is 26.1 Å². The van der Waals surface area contributed by atoms with Gasteiger partial charge in [0.15, 0.2) is 0 Å². The molecule has 2 rings (SSSR count). The van der Waals surface area contributed by atoms with E-state index in [0.29, 0.717) is 12.1 Å². The van der Waals surface area contributed by atoms with Crippen LogP contribution in [0.2, 0.25) is 0 Å². The van der Waals surface area contributed by atoms with Crippen LogP contribution in [0.1, 0.15) is 87.3 Å². The average molecular weight is 295 g/mol. The van der Waals surface area contributed by atoms with Crippen molar-refractivity contribution in [3.63, 3.8) is 0 Å². The lowest BCUT2D eigenvalue weighted by Crippen LogP contribution is -2.28. The number of aromatic nitrogens is 1. The highest BCUT2D eigenvalue weighted by atomic mass is 32.1. The summed E-state index contributed by atoms with van der Waals surface area (Å²) >= 11 is 1.97. The highest BCUT2D eigenvalue weighted by Gasteiger charge is 2.22. The summed E-state index contributed by atoms with van der Waals surface area (Å²) < 4.78 is 0. The van der Waals surface area contributed by atoms with Gasteiger partial charge in [0.25, 0.3) is 0 Å². The van der Waals surface area contributed by atoms with E-state index in [-0.39, 0.29) is 0 Å². The van der Waals surface area contributed by atoms with Gasteiger partial charge in [-0.1, -0.05) is 52.9 Å². The molecule has 0 aliphatic heterocycles. The quantitative estimate of drug-likeness (QED) is 0.646. The second-order valence-corrected chi connectivity index (χ2v) is 7.47. The van der Waals surface area contributed by atoms with Gasteiger partial charge >= 0.3 is 0 Å². The van der Waals surface area contributed by atoms with Crippen molar-refractivity contribution in [1.82, 2.24) is 10.3 Å². The number of nitrogens with zero attached hydrogens (tertiary/aromatic N) is 1. The molecule has 20 heavy (non-hydrogen) atoms. The second-order valence-electron chi connectivity index (χ2n) is 6.35. The van der Waals surface area contributed by atoms with E-state index in [1.54, 1.807) is 4.88 Å². The molecule has 1 atom stereocenters. The molecule has 1 aliphatic rings. The van der Waals surface area contributed by atoms with Gasteiger partial charge in [0.05, 0.1) is 11.7 Å². The normalized spacial score (nSPS) is 15.8. The van der Waals surface area contributed by atoms with E-state index in [1.807, 2.05) is 11.3 Å². The molecule has 0 bridgehead atoms. The number of unbranched alkanes of at least 4 members (excludes halogenated alkanes) is 4. The lowest BCUT2D eigenvalue weighted by atomic mass is 10.1. The number of rotatable bonds is 9. The van der Waals surface area contributed by atoms with E-state index in [4.69, 9.17) is 4.98 Å². The van der Waals surface area contributed by atoms with E-state index < -0.39 is 0 Å². The van der Waals surface area contributed by atoms with Crippen molar-refractivity contribution in [2.75, 3.05) is 0 Å². The SMILES string of the molecule is CCCCCCCC(NC(C)C)c1nc2c(s1)CCC2. The van der Waals surface area contributed by atoms with Gasteiger partial charge in [-0.2, -0.15) is 0 Å². The topological polar surface area (TPSA) is 24.9 Å². The van der Waals surface area contributed by atoms with Crippen LogP contribution in [-0.2, 0) is 12.8 Å². The Bertz CT molecular complexity index is 376. The monoisotopic (exact) mass is 294 g/mol. The van der Waals surface area contributed by atoms with Crippen LogP contribution < -0.4 is 5.32 Å². The Kier molecular flexibility index (Phi) is 6.50. The zero-order chi connectivity index (χ0) is 14.4. The third-order valence-electron chi connectivity index (χ3n) is 4.04. The second kappa shape index (κ2) is 8.14. The lowest BCUT2D eigenvalue weighted by Gasteiger charge is -2.19. The third kappa shape index (κ3) is 4.56. The predicted molar refractivity (Wildman–Crippen MR) is 88.5 cm³/mol. The summed E-state index contributed by atoms with van der Waals surface area (Å²) in [6.07, 6.45) is 11.8. The van der Waals surface area contributed by atoms with Crippen LogP contribution in [-0.4, -0.2) is 11.0 Å². The highest BCUT2D eigenvalue weighted by molar-refractivity contribution is 7.11. The van der Waals surface area contributed by atoms with Gasteiger partial charge in [0.2, 0.25) is 0 Å². The van der Waals surface area contributed by atoms with Crippen molar-refractivity contribution >= 4 is 11.3 Å². The van der Waals surface area contributed by atoms with Crippen molar-refractivity contribution in [2.45, 2.75) is 90.6 Å². The molecule has 3 heteroatoms. The molecule has 1 aliphatic carbocycles. The van der Waals surface area contributed by atoms with E-state index in [0.717, 1.165) is 0 Å². The third-order valence-corrected chi connectivity index (χ3v) is 5.31. The standard InChI is InChI=1S/C17H30N2S/c1-4-5-6-7-8-10-15(18-13(2)3)17-19-14-11-9-12-16(14)20-17/h13,15,18H,4-12H2,1-3H3. The number of hydrogen-bond acceptors (Lipinski definition) is 3. The van der Waals surface area contributed by atoms with Crippen LogP contribution in [0.15, 0.2) is 0 Å². The molecule has 0 amide bonds. The zero-order valence-electron chi connectivity index (χ0n) is 13.4. The Morgan fingerprint density at radius 3 is 2.65 bits per heavy atom. The maximum absolute atomic E-state index is 4.92. The highest BCUT2D eigenvalue weighted by Crippen LogP contribution is 2.32. The summed E-state index contributed by atoms with van der Waals surface area (Å²) in [5.74, 6) is 0. The molecule has 0 aromatic carbocycles. The Morgan fingerprint density at radius 1 is 1.15 bits per heavy atom. The van der Waals surface area contributed by atoms with E-state index in [1.165, 1.54) is 68.5 Å². The number of thiazole rings is 1. The molecule has 114 valence electrons. The molecular formula is C17H30N2S. The molecule has 0 saturated carbocycles. The molecule has 2 nitrogen and oxygen atoms in total. The van der Waals surface area contributed by atoms with Crippen LogP contribution in [0, 0.1) is 0 Å². The van der Waals surface area contributed by atoms with Gasteiger partial charge in [-0.15, -0.1) is 11.3 Å². The Labute approximate surface area is 128 Å². The van der Waals surface area contributed by atoms with Crippen molar-refractivity contribution in [1.29, 1.82) is 0 Å². The molecule has 0 fully saturated rings. The Hall–Kier alpha value is -0.410. The molecule has 1 aromatic rings. The van der Waals surface area contributed by atoms with Crippen LogP contribution in [0.5, 0.6) is 0 Å². The first-order chi connectivity index (χ1) is 9.70. The fraction of sp³-hybridized carbons (Fsp3) is 0.824. The van der Waals surface area contributed by atoms with Crippen molar-refractivity contribution in [2.24, 2.45) is 0 Å². The van der Waals surface area contributed by atoms with Crippen LogP contribution in [0.3, 0.4) is 0 Å². The first-order valence-electron chi connectivity index (χ1n) is 8.45. The van der Waals surface area contributed by atoms with Gasteiger partial charge < -0.3 is 5.32 Å². The smallest absolute Gasteiger partial charge is 0.110 e. The van der Waals surface area contributed by atoms with Gasteiger partial charge in [-0.3, -0.25) is 0 Å². The Balaban J connectivity index is 1.88. The number of nitrogens with one attached hydrogen (secondary N) is 1. The zero-order valence-corrected chi connectivity index (χ0v) is 14.2. The molecule has 0 radical (unpaired) electrons. The van der Waals surface area contributed by atoms with Crippen molar-refractivity contribution in [3.8, 4) is 0 Å². The Morgan fingerprint density at radius 2 is 1.95 bits per heavy atom. The molecule has 0 saturated heterocycles. The van der Waals surface area contributed by atoms with Crippen molar-refractivity contribution in [3.05, 3.63) is 15.6 Å². The number of fused-ring (bicyclic) bond motifs is 1. The maximum Gasteiger partial charge on any atom is 0.110 e. The van der Waals surface area contributed by atoms with E-state index in [9.17, 15) is 0 Å². The minimum atomic E-state index is 0.479. The van der Waals surface area contributed by atoms with Gasteiger partial charge in [0, 0.05) is 10.9 Å². The summed E-state index contributed by atoms with van der Waals surface area (Å²) in [6.45, 7) is 6.76. The molecule has 1 unspecified atom stereocenters. The molecule has 1 heterocycles. The van der Waals surface area contributed by atoms with Gasteiger partial charge in [0.1, 0.15) is 5.01 Å². The van der Waals surface area contributed by atoms with Crippen LogP contribution >= 0.6 is 11.3 Å². The minimum absolute atomic E-state index is 0.479. The van der Waals surface area contributed by atoms with Crippen LogP contribution in [0.25, 0.3) is 0 Å². The number of aryl methyl sites for hydroxylation is 2. The summed E-state index contributed by atoms with van der Waals surface area (Å²) in [5, 5.41) is 5.07. The molecular weight excluding hydrogens is 264 g/mol.